The van der Waals surface area contributed by atoms with Crippen LogP contribution in [0, 0.1) is 24.0 Å². The van der Waals surface area contributed by atoms with Crippen molar-refractivity contribution in [3.63, 3.8) is 0 Å². The number of non-ortho nitro benzene ring substituents is 1. The normalized spacial score (nSPS) is 11.6. The molecule has 1 N–H and O–H groups in total. The van der Waals surface area contributed by atoms with Gasteiger partial charge in [-0.25, -0.2) is 0 Å². The molecule has 0 radical (unpaired) electrons. The van der Waals surface area contributed by atoms with Crippen molar-refractivity contribution in [2.45, 2.75) is 33.3 Å². The van der Waals surface area contributed by atoms with Gasteiger partial charge in [-0.15, -0.1) is 0 Å². The van der Waals surface area contributed by atoms with Crippen LogP contribution in [-0.2, 0) is 4.79 Å². The smallest absolute Gasteiger partial charge is 0.269 e. The van der Waals surface area contributed by atoms with Gasteiger partial charge in [0.25, 0.3) is 11.6 Å². The van der Waals surface area contributed by atoms with Crippen LogP contribution in [0.15, 0.2) is 42.5 Å². The fourth-order valence-corrected chi connectivity index (χ4v) is 2.22. The molecule has 6 nitrogen and oxygen atoms in total. The van der Waals surface area contributed by atoms with Gasteiger partial charge in [-0.2, -0.15) is 0 Å². The number of hydrogen-bond donors (Lipinski definition) is 1. The lowest BCUT2D eigenvalue weighted by Gasteiger charge is -2.18. The van der Waals surface area contributed by atoms with E-state index in [1.165, 1.54) is 18.2 Å². The highest BCUT2D eigenvalue weighted by molar-refractivity contribution is 5.95. The molecule has 0 aliphatic rings. The third-order valence-electron chi connectivity index (χ3n) is 3.64. The summed E-state index contributed by atoms with van der Waals surface area (Å²) < 4.78 is 5.73. The highest BCUT2D eigenvalue weighted by atomic mass is 16.6. The summed E-state index contributed by atoms with van der Waals surface area (Å²) in [6.07, 6.45) is -0.131. The molecule has 0 aromatic heterocycles. The Morgan fingerprint density at radius 1 is 1.21 bits per heavy atom. The Morgan fingerprint density at radius 3 is 2.42 bits per heavy atom. The van der Waals surface area contributed by atoms with Crippen LogP contribution in [0.4, 0.5) is 11.4 Å². The number of amides is 1. The lowest BCUT2D eigenvalue weighted by atomic mass is 10.1. The Labute approximate surface area is 140 Å². The van der Waals surface area contributed by atoms with E-state index < -0.39 is 11.0 Å². The highest BCUT2D eigenvalue weighted by Gasteiger charge is 2.20. The largest absolute Gasteiger partial charge is 0.481 e. The minimum Gasteiger partial charge on any atom is -0.481 e. The van der Waals surface area contributed by atoms with E-state index in [4.69, 9.17) is 4.74 Å². The average molecular weight is 328 g/mol. The number of nitrogens with zero attached hydrogens (tertiary/aromatic N) is 1. The maximum absolute atomic E-state index is 12.4. The third-order valence-corrected chi connectivity index (χ3v) is 3.64. The SMILES string of the molecule is CCC(Oc1ccc(C)cc1)C(=O)Nc1ccc([N+](=O)[O-])cc1C. The number of anilines is 1. The van der Waals surface area contributed by atoms with Gasteiger partial charge in [-0.05, 0) is 44.0 Å². The summed E-state index contributed by atoms with van der Waals surface area (Å²) in [5.74, 6) is 0.345. The zero-order chi connectivity index (χ0) is 17.7. The summed E-state index contributed by atoms with van der Waals surface area (Å²) in [4.78, 5) is 22.7. The van der Waals surface area contributed by atoms with Crippen LogP contribution in [0.1, 0.15) is 24.5 Å². The highest BCUT2D eigenvalue weighted by Crippen LogP contribution is 2.22. The zero-order valence-corrected chi connectivity index (χ0v) is 13.9. The Hall–Kier alpha value is -2.89. The van der Waals surface area contributed by atoms with Crippen molar-refractivity contribution < 1.29 is 14.5 Å². The van der Waals surface area contributed by atoms with Crippen molar-refractivity contribution in [2.75, 3.05) is 5.32 Å². The van der Waals surface area contributed by atoms with Crippen LogP contribution in [-0.4, -0.2) is 16.9 Å². The van der Waals surface area contributed by atoms with Crippen LogP contribution in [0.2, 0.25) is 0 Å². The minimum atomic E-state index is -0.637. The Bertz CT molecular complexity index is 741. The minimum absolute atomic E-state index is 0.00607. The lowest BCUT2D eigenvalue weighted by molar-refractivity contribution is -0.384. The number of rotatable bonds is 6. The van der Waals surface area contributed by atoms with Gasteiger partial charge in [-0.3, -0.25) is 14.9 Å². The van der Waals surface area contributed by atoms with E-state index in [9.17, 15) is 14.9 Å². The molecule has 0 fully saturated rings. The van der Waals surface area contributed by atoms with Crippen LogP contribution in [0.25, 0.3) is 0 Å². The molecule has 0 saturated carbocycles. The summed E-state index contributed by atoms with van der Waals surface area (Å²) >= 11 is 0. The second-order valence-corrected chi connectivity index (χ2v) is 5.57. The van der Waals surface area contributed by atoms with Gasteiger partial charge in [0.15, 0.2) is 6.10 Å². The molecule has 2 rings (SSSR count). The summed E-state index contributed by atoms with van der Waals surface area (Å²) in [6.45, 7) is 5.55. The first-order chi connectivity index (χ1) is 11.4. The average Bonchev–Trinajstić information content (AvgIpc) is 2.55. The fourth-order valence-electron chi connectivity index (χ4n) is 2.22. The monoisotopic (exact) mass is 328 g/mol. The van der Waals surface area contributed by atoms with Gasteiger partial charge >= 0.3 is 0 Å². The van der Waals surface area contributed by atoms with Gasteiger partial charge in [0, 0.05) is 17.8 Å². The predicted molar refractivity (Wildman–Crippen MR) is 92.3 cm³/mol. The first-order valence-electron chi connectivity index (χ1n) is 7.70. The molecule has 24 heavy (non-hydrogen) atoms. The number of aryl methyl sites for hydroxylation is 2. The first-order valence-corrected chi connectivity index (χ1v) is 7.70. The van der Waals surface area contributed by atoms with Crippen molar-refractivity contribution in [2.24, 2.45) is 0 Å². The van der Waals surface area contributed by atoms with Gasteiger partial charge < -0.3 is 10.1 Å². The number of nitro groups is 1. The number of nitrogens with one attached hydrogen (secondary N) is 1. The topological polar surface area (TPSA) is 81.5 Å². The maximum atomic E-state index is 12.4. The molecule has 1 atom stereocenters. The van der Waals surface area contributed by atoms with Crippen LogP contribution in [0.3, 0.4) is 0 Å². The first kappa shape index (κ1) is 17.5. The van der Waals surface area contributed by atoms with E-state index in [0.29, 0.717) is 23.4 Å². The molecule has 0 bridgehead atoms. The Morgan fingerprint density at radius 2 is 1.88 bits per heavy atom. The van der Waals surface area contributed by atoms with Crippen molar-refractivity contribution in [3.05, 3.63) is 63.7 Å². The molecular formula is C18H20N2O4. The van der Waals surface area contributed by atoms with E-state index >= 15 is 0 Å². The van der Waals surface area contributed by atoms with Crippen molar-refractivity contribution in [1.29, 1.82) is 0 Å². The standard InChI is InChI=1S/C18H20N2O4/c1-4-17(24-15-8-5-12(2)6-9-15)18(21)19-16-10-7-14(20(22)23)11-13(16)3/h5-11,17H,4H2,1-3H3,(H,19,21). The maximum Gasteiger partial charge on any atom is 0.269 e. The van der Waals surface area contributed by atoms with Gasteiger partial charge in [0.2, 0.25) is 0 Å². The molecule has 126 valence electrons. The van der Waals surface area contributed by atoms with E-state index in [2.05, 4.69) is 5.32 Å². The van der Waals surface area contributed by atoms with Crippen LogP contribution < -0.4 is 10.1 Å². The molecule has 1 unspecified atom stereocenters. The van der Waals surface area contributed by atoms with Crippen molar-refractivity contribution in [3.8, 4) is 5.75 Å². The number of ether oxygens (including phenoxy) is 1. The molecule has 0 heterocycles. The fraction of sp³-hybridized carbons (Fsp3) is 0.278. The summed E-state index contributed by atoms with van der Waals surface area (Å²) in [5, 5.41) is 13.5. The van der Waals surface area contributed by atoms with E-state index in [1.54, 1.807) is 6.92 Å². The molecule has 2 aromatic carbocycles. The number of benzene rings is 2. The Kier molecular flexibility index (Phi) is 5.52. The van der Waals surface area contributed by atoms with Crippen LogP contribution >= 0.6 is 0 Å². The number of carbonyl (C=O) groups is 1. The van der Waals surface area contributed by atoms with Crippen molar-refractivity contribution >= 4 is 17.3 Å². The second-order valence-electron chi connectivity index (χ2n) is 5.57. The molecule has 6 heteroatoms. The van der Waals surface area contributed by atoms with E-state index in [1.807, 2.05) is 38.1 Å². The van der Waals surface area contributed by atoms with E-state index in [0.717, 1.165) is 5.56 Å². The van der Waals surface area contributed by atoms with Crippen LogP contribution in [0.5, 0.6) is 5.75 Å². The third kappa shape index (κ3) is 4.32. The molecular weight excluding hydrogens is 308 g/mol. The summed E-state index contributed by atoms with van der Waals surface area (Å²) in [7, 11) is 0. The van der Waals surface area contributed by atoms with Gasteiger partial charge in [0.05, 0.1) is 4.92 Å². The quantitative estimate of drug-likeness (QED) is 0.641. The number of hydrogen-bond acceptors (Lipinski definition) is 4. The van der Waals surface area contributed by atoms with E-state index in [-0.39, 0.29) is 11.6 Å². The predicted octanol–water partition coefficient (Wildman–Crippen LogP) is 4.01. The number of nitro benzene ring substituents is 1. The molecule has 0 saturated heterocycles. The van der Waals surface area contributed by atoms with Crippen molar-refractivity contribution in [1.82, 2.24) is 0 Å². The van der Waals surface area contributed by atoms with Gasteiger partial charge in [-0.1, -0.05) is 24.6 Å². The summed E-state index contributed by atoms with van der Waals surface area (Å²) in [5.41, 5.74) is 2.27. The molecule has 0 aliphatic carbocycles. The zero-order valence-electron chi connectivity index (χ0n) is 13.9. The second kappa shape index (κ2) is 7.59. The molecule has 0 aliphatic heterocycles. The molecule has 0 spiro atoms. The Balaban J connectivity index is 2.09. The lowest BCUT2D eigenvalue weighted by Crippen LogP contribution is -2.32. The van der Waals surface area contributed by atoms with Gasteiger partial charge in [0.1, 0.15) is 5.75 Å². The molecule has 1 amide bonds. The number of carbonyl (C=O) groups excluding carboxylic acids is 1. The molecule has 2 aromatic rings. The summed E-state index contributed by atoms with van der Waals surface area (Å²) in [6, 6.07) is 11.8.